The van der Waals surface area contributed by atoms with Gasteiger partial charge in [0.05, 0.1) is 5.56 Å². The molecule has 0 heterocycles. The highest BCUT2D eigenvalue weighted by Gasteiger charge is 2.29. The Hall–Kier alpha value is -3.29. The van der Waals surface area contributed by atoms with Crippen molar-refractivity contribution in [2.45, 2.75) is 19.6 Å². The van der Waals surface area contributed by atoms with Crippen LogP contribution in [0.15, 0.2) is 66.7 Å². The first-order valence-electron chi connectivity index (χ1n) is 9.78. The monoisotopic (exact) mass is 459 g/mol. The maximum atomic E-state index is 15.3. The van der Waals surface area contributed by atoms with Crippen molar-refractivity contribution < 1.29 is 18.3 Å². The zero-order valence-corrected chi connectivity index (χ0v) is 18.2. The van der Waals surface area contributed by atoms with Gasteiger partial charge >= 0.3 is 0 Å². The van der Waals surface area contributed by atoms with Gasteiger partial charge in [-0.2, -0.15) is 0 Å². The van der Waals surface area contributed by atoms with Crippen LogP contribution in [0.5, 0.6) is 0 Å². The minimum Gasteiger partial charge on any atom is -0.384 e. The third kappa shape index (κ3) is 5.69. The van der Waals surface area contributed by atoms with Gasteiger partial charge < -0.3 is 15.8 Å². The van der Waals surface area contributed by atoms with E-state index in [9.17, 15) is 9.18 Å². The first-order valence-corrected chi connectivity index (χ1v) is 9.78. The Morgan fingerprint density at radius 3 is 2.31 bits per heavy atom. The van der Waals surface area contributed by atoms with Crippen molar-refractivity contribution in [3.8, 4) is 11.1 Å². The van der Waals surface area contributed by atoms with E-state index in [1.165, 1.54) is 6.07 Å². The van der Waals surface area contributed by atoms with Crippen LogP contribution in [0.3, 0.4) is 0 Å². The molecule has 0 aliphatic rings. The van der Waals surface area contributed by atoms with Crippen molar-refractivity contribution >= 4 is 24.1 Å². The molecule has 5 nitrogen and oxygen atoms in total. The number of amidine groups is 1. The molecule has 3 rings (SSSR count). The van der Waals surface area contributed by atoms with Crippen LogP contribution in [-0.4, -0.2) is 18.3 Å². The molecule has 0 saturated carbocycles. The first kappa shape index (κ1) is 25.0. The number of hydrogen-bond donors (Lipinski definition) is 3. The number of amides is 1. The van der Waals surface area contributed by atoms with Gasteiger partial charge in [-0.1, -0.05) is 54.6 Å². The molecule has 4 N–H and O–H groups in total. The van der Waals surface area contributed by atoms with Crippen molar-refractivity contribution in [2.75, 3.05) is 6.61 Å². The van der Waals surface area contributed by atoms with E-state index in [1.807, 2.05) is 0 Å². The van der Waals surface area contributed by atoms with E-state index in [-0.39, 0.29) is 37.0 Å². The molecule has 32 heavy (non-hydrogen) atoms. The fourth-order valence-corrected chi connectivity index (χ4v) is 3.19. The third-order valence-electron chi connectivity index (χ3n) is 4.78. The Kier molecular flexibility index (Phi) is 8.87. The van der Waals surface area contributed by atoms with Gasteiger partial charge in [-0.15, -0.1) is 12.4 Å². The predicted molar refractivity (Wildman–Crippen MR) is 123 cm³/mol. The van der Waals surface area contributed by atoms with Crippen molar-refractivity contribution in [1.82, 2.24) is 5.32 Å². The summed E-state index contributed by atoms with van der Waals surface area (Å²) in [5, 5.41) is 10.1. The first-order chi connectivity index (χ1) is 14.9. The van der Waals surface area contributed by atoms with Crippen molar-refractivity contribution in [2.24, 2.45) is 5.73 Å². The van der Waals surface area contributed by atoms with Crippen LogP contribution in [0.1, 0.15) is 29.7 Å². The fraction of sp³-hybridized carbons (Fsp3) is 0.167. The zero-order valence-electron chi connectivity index (χ0n) is 17.4. The lowest BCUT2D eigenvalue weighted by Crippen LogP contribution is -2.31. The number of nitrogen functional groups attached to an aromatic ring is 1. The Labute approximate surface area is 191 Å². The molecule has 3 aromatic carbocycles. The van der Waals surface area contributed by atoms with Gasteiger partial charge in [-0.25, -0.2) is 8.78 Å². The highest BCUT2D eigenvalue weighted by Crippen LogP contribution is 2.32. The van der Waals surface area contributed by atoms with E-state index in [1.54, 1.807) is 61.5 Å². The van der Waals surface area contributed by atoms with Gasteiger partial charge in [0.2, 0.25) is 0 Å². The molecular formula is C24H24ClF2N3O2. The molecule has 0 spiro atoms. The van der Waals surface area contributed by atoms with Crippen LogP contribution < -0.4 is 11.1 Å². The lowest BCUT2D eigenvalue weighted by atomic mass is 9.98. The fourth-order valence-electron chi connectivity index (χ4n) is 3.19. The quantitative estimate of drug-likeness (QED) is 0.336. The van der Waals surface area contributed by atoms with Crippen LogP contribution in [0, 0.1) is 17.0 Å². The number of hydrogen-bond acceptors (Lipinski definition) is 3. The number of benzene rings is 3. The summed E-state index contributed by atoms with van der Waals surface area (Å²) in [5.41, 5.74) is 7.07. The average Bonchev–Trinajstić information content (AvgIpc) is 2.77. The van der Waals surface area contributed by atoms with Crippen LogP contribution in [0.25, 0.3) is 11.1 Å². The summed E-state index contributed by atoms with van der Waals surface area (Å²) in [5.74, 6) is -2.39. The molecule has 0 aliphatic carbocycles. The molecule has 1 amide bonds. The summed E-state index contributed by atoms with van der Waals surface area (Å²) in [6, 6.07) is 17.9. The number of nitrogens with two attached hydrogens (primary N) is 1. The van der Waals surface area contributed by atoms with Crippen molar-refractivity contribution in [1.29, 1.82) is 5.41 Å². The molecule has 0 aromatic heterocycles. The number of halogens is 3. The minimum absolute atomic E-state index is 0. The number of ether oxygens (including phenoxy) is 1. The second-order valence-corrected chi connectivity index (χ2v) is 6.85. The third-order valence-corrected chi connectivity index (χ3v) is 4.78. The van der Waals surface area contributed by atoms with Gasteiger partial charge in [0, 0.05) is 24.3 Å². The van der Waals surface area contributed by atoms with E-state index in [0.717, 1.165) is 11.6 Å². The summed E-state index contributed by atoms with van der Waals surface area (Å²) in [6.45, 7) is 1.87. The molecule has 168 valence electrons. The number of carbonyl (C=O) groups is 1. The Bertz CT molecular complexity index is 1080. The highest BCUT2D eigenvalue weighted by molar-refractivity contribution is 5.94. The van der Waals surface area contributed by atoms with Gasteiger partial charge in [0.1, 0.15) is 17.5 Å². The summed E-state index contributed by atoms with van der Waals surface area (Å²) < 4.78 is 35.4. The molecule has 1 atom stereocenters. The standard InChI is InChI=1S/C24H23F2N3O2.ClH/c1-2-31-22(24(30)29-14-15-8-10-17(11-9-15)23(27)28)20-19(25)13-12-18(21(20)26)16-6-4-3-5-7-16;/h3-13,22H,2,14H2,1H3,(H3,27,28)(H,29,30);1H/t22-;/m0./s1. The summed E-state index contributed by atoms with van der Waals surface area (Å²) in [6.07, 6.45) is -1.44. The van der Waals surface area contributed by atoms with Crippen molar-refractivity contribution in [3.63, 3.8) is 0 Å². The van der Waals surface area contributed by atoms with Gasteiger partial charge in [0.25, 0.3) is 5.91 Å². The molecule has 8 heteroatoms. The number of nitrogens with one attached hydrogen (secondary N) is 2. The molecule has 0 bridgehead atoms. The van der Waals surface area contributed by atoms with E-state index in [0.29, 0.717) is 11.1 Å². The van der Waals surface area contributed by atoms with Crippen LogP contribution in [-0.2, 0) is 16.1 Å². The zero-order chi connectivity index (χ0) is 22.4. The van der Waals surface area contributed by atoms with Gasteiger partial charge in [0.15, 0.2) is 6.10 Å². The Morgan fingerprint density at radius 1 is 1.06 bits per heavy atom. The second kappa shape index (κ2) is 11.4. The van der Waals surface area contributed by atoms with E-state index in [2.05, 4.69) is 5.32 Å². The van der Waals surface area contributed by atoms with Gasteiger partial charge in [-0.3, -0.25) is 10.2 Å². The molecule has 0 fully saturated rings. The van der Waals surface area contributed by atoms with Crippen LogP contribution >= 0.6 is 12.4 Å². The highest BCUT2D eigenvalue weighted by atomic mass is 35.5. The molecular weight excluding hydrogens is 436 g/mol. The Balaban J connectivity index is 0.00000363. The SMILES string of the molecule is CCO[C@H](C(=O)NCc1ccc(C(=N)N)cc1)c1c(F)ccc(-c2ccccc2)c1F.Cl. The summed E-state index contributed by atoms with van der Waals surface area (Å²) in [4.78, 5) is 12.8. The minimum atomic E-state index is -1.44. The lowest BCUT2D eigenvalue weighted by molar-refractivity contribution is -0.133. The molecule has 0 aliphatic heterocycles. The van der Waals surface area contributed by atoms with Crippen molar-refractivity contribution in [3.05, 3.63) is 95.1 Å². The largest absolute Gasteiger partial charge is 0.384 e. The second-order valence-electron chi connectivity index (χ2n) is 6.85. The maximum absolute atomic E-state index is 15.3. The summed E-state index contributed by atoms with van der Waals surface area (Å²) >= 11 is 0. The molecule has 0 unspecified atom stereocenters. The molecule has 0 radical (unpaired) electrons. The number of carbonyl (C=O) groups excluding carboxylic acids is 1. The smallest absolute Gasteiger partial charge is 0.254 e. The van der Waals surface area contributed by atoms with Crippen LogP contribution in [0.2, 0.25) is 0 Å². The summed E-state index contributed by atoms with van der Waals surface area (Å²) in [7, 11) is 0. The van der Waals surface area contributed by atoms with E-state index >= 15 is 4.39 Å². The predicted octanol–water partition coefficient (Wildman–Crippen LogP) is 4.73. The van der Waals surface area contributed by atoms with E-state index in [4.69, 9.17) is 15.9 Å². The van der Waals surface area contributed by atoms with E-state index < -0.39 is 29.2 Å². The van der Waals surface area contributed by atoms with Crippen LogP contribution in [0.4, 0.5) is 8.78 Å². The topological polar surface area (TPSA) is 88.2 Å². The number of rotatable bonds is 8. The maximum Gasteiger partial charge on any atom is 0.254 e. The Morgan fingerprint density at radius 2 is 1.72 bits per heavy atom. The molecule has 0 saturated heterocycles. The normalized spacial score (nSPS) is 11.3. The molecule has 3 aromatic rings. The average molecular weight is 460 g/mol. The van der Waals surface area contributed by atoms with Gasteiger partial charge in [-0.05, 0) is 30.2 Å². The lowest BCUT2D eigenvalue weighted by Gasteiger charge is -2.20.